The Morgan fingerprint density at radius 3 is 1.33 bits per heavy atom. The molecular formula is C44H33O2. The normalized spacial score (nSPS) is 11.2. The third-order valence-electron chi connectivity index (χ3n) is 8.21. The molecule has 7 rings (SSSR count). The van der Waals surface area contributed by atoms with Crippen LogP contribution in [-0.4, -0.2) is 0 Å². The summed E-state index contributed by atoms with van der Waals surface area (Å²) in [6.45, 7) is 0. The molecule has 7 aromatic rings. The lowest BCUT2D eigenvalue weighted by Crippen LogP contribution is -2.36. The van der Waals surface area contributed by atoms with Gasteiger partial charge in [0.1, 0.15) is 17.6 Å². The molecule has 0 fully saturated rings. The summed E-state index contributed by atoms with van der Waals surface area (Å²) in [7, 11) is 0. The lowest BCUT2D eigenvalue weighted by atomic mass is 9.80. The first kappa shape index (κ1) is 28.9. The van der Waals surface area contributed by atoms with E-state index >= 15 is 0 Å². The van der Waals surface area contributed by atoms with Crippen LogP contribution in [0.15, 0.2) is 194 Å². The molecule has 0 heterocycles. The van der Waals surface area contributed by atoms with Crippen LogP contribution < -0.4 is 9.47 Å². The fourth-order valence-electron chi connectivity index (χ4n) is 5.98. The number of ether oxygens (including phenoxy) is 2. The van der Waals surface area contributed by atoms with E-state index in [1.54, 1.807) is 0 Å². The molecule has 0 aliphatic heterocycles. The number of benzene rings is 7. The summed E-state index contributed by atoms with van der Waals surface area (Å²) in [5.41, 5.74) is 6.47. The van der Waals surface area contributed by atoms with Crippen molar-refractivity contribution in [2.45, 2.75) is 11.7 Å². The van der Waals surface area contributed by atoms with Crippen molar-refractivity contribution in [3.8, 4) is 22.6 Å². The third-order valence-corrected chi connectivity index (χ3v) is 8.21. The van der Waals surface area contributed by atoms with Crippen molar-refractivity contribution in [2.75, 3.05) is 0 Å². The summed E-state index contributed by atoms with van der Waals surface area (Å²) in [5.74, 6) is 1.55. The molecule has 1 radical (unpaired) electrons. The second-order valence-electron chi connectivity index (χ2n) is 11.2. The summed E-state index contributed by atoms with van der Waals surface area (Å²) in [4.78, 5) is 0. The van der Waals surface area contributed by atoms with E-state index in [0.717, 1.165) is 50.4 Å². The molecule has 2 heteroatoms. The van der Waals surface area contributed by atoms with E-state index in [1.165, 1.54) is 0 Å². The van der Waals surface area contributed by atoms with E-state index in [1.807, 2.05) is 78.9 Å². The van der Waals surface area contributed by atoms with Crippen molar-refractivity contribution >= 4 is 0 Å². The second-order valence-corrected chi connectivity index (χ2v) is 11.2. The summed E-state index contributed by atoms with van der Waals surface area (Å²) in [6, 6.07) is 69.5. The lowest BCUT2D eigenvalue weighted by molar-refractivity contribution is 0.155. The molecule has 7 aromatic carbocycles. The number of rotatable bonds is 10. The monoisotopic (exact) mass is 593 g/mol. The Kier molecular flexibility index (Phi) is 8.43. The van der Waals surface area contributed by atoms with Crippen molar-refractivity contribution in [1.82, 2.24) is 0 Å². The van der Waals surface area contributed by atoms with Gasteiger partial charge in [0, 0.05) is 16.7 Å². The van der Waals surface area contributed by atoms with E-state index < -0.39 is 5.60 Å². The molecule has 0 amide bonds. The summed E-state index contributed by atoms with van der Waals surface area (Å²) in [5, 5.41) is 0. The van der Waals surface area contributed by atoms with Gasteiger partial charge in [0.25, 0.3) is 0 Å². The highest BCUT2D eigenvalue weighted by molar-refractivity contribution is 5.65. The van der Waals surface area contributed by atoms with Gasteiger partial charge in [-0.25, -0.2) is 0 Å². The first-order chi connectivity index (χ1) is 22.8. The molecular weight excluding hydrogens is 560 g/mol. The van der Waals surface area contributed by atoms with Crippen LogP contribution in [0.5, 0.6) is 11.5 Å². The molecule has 46 heavy (non-hydrogen) atoms. The zero-order valence-electron chi connectivity index (χ0n) is 25.4. The van der Waals surface area contributed by atoms with E-state index in [4.69, 9.17) is 9.47 Å². The van der Waals surface area contributed by atoms with Gasteiger partial charge in [0.05, 0.1) is 0 Å². The standard InChI is InChI=1S/C44H33O2/c1-6-17-35(18-7-1)43(36-19-8-2-9-20-36)45-41-31-29-34(30-32-41)37-21-16-28-42(33-37)46-44(38-22-10-3-11-23-38,39-24-12-4-13-25-39)40-26-14-5-15-27-40/h1-20,22-33,43H. The Bertz CT molecular complexity index is 1820. The topological polar surface area (TPSA) is 18.5 Å². The van der Waals surface area contributed by atoms with Gasteiger partial charge < -0.3 is 9.47 Å². The maximum absolute atomic E-state index is 7.15. The van der Waals surface area contributed by atoms with Crippen LogP contribution in [0, 0.1) is 6.07 Å². The molecule has 0 saturated carbocycles. The minimum absolute atomic E-state index is 0.210. The van der Waals surface area contributed by atoms with Gasteiger partial charge >= 0.3 is 0 Å². The van der Waals surface area contributed by atoms with E-state index in [2.05, 4.69) is 121 Å². The van der Waals surface area contributed by atoms with Gasteiger partial charge in [-0.3, -0.25) is 0 Å². The Morgan fingerprint density at radius 1 is 0.435 bits per heavy atom. The quantitative estimate of drug-likeness (QED) is 0.147. The zero-order valence-corrected chi connectivity index (χ0v) is 25.4. The van der Waals surface area contributed by atoms with Gasteiger partial charge in [0.15, 0.2) is 5.60 Å². The first-order valence-corrected chi connectivity index (χ1v) is 15.5. The Labute approximate surface area is 271 Å². The Hall–Kier alpha value is -5.86. The molecule has 0 unspecified atom stereocenters. The molecule has 0 N–H and O–H groups in total. The van der Waals surface area contributed by atoms with Gasteiger partial charge in [-0.05, 0) is 52.6 Å². The number of hydrogen-bond acceptors (Lipinski definition) is 2. The molecule has 0 aliphatic rings. The van der Waals surface area contributed by atoms with Gasteiger partial charge in [0.2, 0.25) is 0 Å². The molecule has 221 valence electrons. The average molecular weight is 594 g/mol. The van der Waals surface area contributed by atoms with Crippen molar-refractivity contribution in [3.05, 3.63) is 228 Å². The van der Waals surface area contributed by atoms with Crippen LogP contribution >= 0.6 is 0 Å². The van der Waals surface area contributed by atoms with Crippen molar-refractivity contribution in [3.63, 3.8) is 0 Å². The lowest BCUT2D eigenvalue weighted by Gasteiger charge is -2.36. The van der Waals surface area contributed by atoms with Crippen molar-refractivity contribution in [1.29, 1.82) is 0 Å². The minimum atomic E-state index is -0.857. The van der Waals surface area contributed by atoms with E-state index in [9.17, 15) is 0 Å². The first-order valence-electron chi connectivity index (χ1n) is 15.5. The average Bonchev–Trinajstić information content (AvgIpc) is 3.15. The van der Waals surface area contributed by atoms with Crippen LogP contribution in [-0.2, 0) is 5.60 Å². The molecule has 0 saturated heterocycles. The number of hydrogen-bond donors (Lipinski definition) is 0. The zero-order chi connectivity index (χ0) is 31.0. The maximum atomic E-state index is 7.15. The highest BCUT2D eigenvalue weighted by Crippen LogP contribution is 2.42. The second kappa shape index (κ2) is 13.4. The van der Waals surface area contributed by atoms with Crippen LogP contribution in [0.4, 0.5) is 0 Å². The fourth-order valence-corrected chi connectivity index (χ4v) is 5.98. The molecule has 0 spiro atoms. The third kappa shape index (κ3) is 6.06. The van der Waals surface area contributed by atoms with Gasteiger partial charge in [-0.2, -0.15) is 0 Å². The van der Waals surface area contributed by atoms with E-state index in [-0.39, 0.29) is 6.10 Å². The minimum Gasteiger partial charge on any atom is -0.481 e. The fraction of sp³-hybridized carbons (Fsp3) is 0.0455. The van der Waals surface area contributed by atoms with Crippen LogP contribution in [0.1, 0.15) is 33.9 Å². The molecule has 0 atom stereocenters. The highest BCUT2D eigenvalue weighted by Gasteiger charge is 2.39. The molecule has 0 aromatic heterocycles. The van der Waals surface area contributed by atoms with Crippen molar-refractivity contribution in [2.24, 2.45) is 0 Å². The van der Waals surface area contributed by atoms with E-state index in [0.29, 0.717) is 0 Å². The Balaban J connectivity index is 1.22. The van der Waals surface area contributed by atoms with Crippen LogP contribution in [0.3, 0.4) is 0 Å². The van der Waals surface area contributed by atoms with Gasteiger partial charge in [-0.15, -0.1) is 0 Å². The largest absolute Gasteiger partial charge is 0.481 e. The predicted molar refractivity (Wildman–Crippen MR) is 186 cm³/mol. The maximum Gasteiger partial charge on any atom is 0.184 e. The predicted octanol–water partition coefficient (Wildman–Crippen LogP) is 10.7. The summed E-state index contributed by atoms with van der Waals surface area (Å²) < 4.78 is 13.7. The summed E-state index contributed by atoms with van der Waals surface area (Å²) in [6.07, 6.45) is -0.210. The van der Waals surface area contributed by atoms with Crippen LogP contribution in [0.2, 0.25) is 0 Å². The molecule has 2 nitrogen and oxygen atoms in total. The Morgan fingerprint density at radius 2 is 0.870 bits per heavy atom. The van der Waals surface area contributed by atoms with Crippen LogP contribution in [0.25, 0.3) is 11.1 Å². The molecule has 0 aliphatic carbocycles. The molecule has 0 bridgehead atoms. The smallest absolute Gasteiger partial charge is 0.184 e. The highest BCUT2D eigenvalue weighted by atomic mass is 16.5. The van der Waals surface area contributed by atoms with Crippen molar-refractivity contribution < 1.29 is 9.47 Å². The summed E-state index contributed by atoms with van der Waals surface area (Å²) >= 11 is 0. The van der Waals surface area contributed by atoms with Gasteiger partial charge in [-0.1, -0.05) is 170 Å². The SMILES string of the molecule is [c]1ccc(OC(c2ccccc2)(c2ccccc2)c2ccccc2)cc1-c1ccc(OC(c2ccccc2)c2ccccc2)cc1.